The molecule has 2 fully saturated rings. The lowest BCUT2D eigenvalue weighted by Gasteiger charge is -2.26. The highest BCUT2D eigenvalue weighted by atomic mass is 35.5. The molecular formula is C10H18ClNO2. The van der Waals surface area contributed by atoms with Crippen molar-refractivity contribution in [2.24, 2.45) is 0 Å². The zero-order valence-electron chi connectivity index (χ0n) is 8.67. The minimum atomic E-state index is -0.315. The lowest BCUT2D eigenvalue weighted by atomic mass is 10.1. The summed E-state index contributed by atoms with van der Waals surface area (Å²) in [5, 5.41) is 0. The highest BCUT2D eigenvalue weighted by Crippen LogP contribution is 2.33. The van der Waals surface area contributed by atoms with Crippen molar-refractivity contribution in [3.63, 3.8) is 0 Å². The van der Waals surface area contributed by atoms with Gasteiger partial charge >= 0.3 is 0 Å². The molecule has 0 aromatic carbocycles. The molecule has 3 nitrogen and oxygen atoms in total. The molecule has 0 aromatic heterocycles. The first-order chi connectivity index (χ1) is 6.74. The Hall–Kier alpha value is 0.170. The summed E-state index contributed by atoms with van der Waals surface area (Å²) in [6.07, 6.45) is 3.22. The van der Waals surface area contributed by atoms with Crippen LogP contribution in [0.15, 0.2) is 0 Å². The van der Waals surface area contributed by atoms with Crippen LogP contribution in [-0.2, 0) is 9.47 Å². The number of hydrogen-bond acceptors (Lipinski definition) is 3. The molecule has 0 N–H and O–H groups in total. The van der Waals surface area contributed by atoms with E-state index >= 15 is 0 Å². The van der Waals surface area contributed by atoms with E-state index in [0.717, 1.165) is 32.4 Å². The Labute approximate surface area is 90.3 Å². The van der Waals surface area contributed by atoms with Gasteiger partial charge in [-0.15, -0.1) is 11.6 Å². The van der Waals surface area contributed by atoms with Crippen LogP contribution < -0.4 is 0 Å². The monoisotopic (exact) mass is 219 g/mol. The summed E-state index contributed by atoms with van der Waals surface area (Å²) in [5.74, 6) is 0.224. The fraction of sp³-hybridized carbons (Fsp3) is 1.00. The van der Waals surface area contributed by atoms with Crippen LogP contribution in [0.2, 0.25) is 0 Å². The molecule has 2 aliphatic rings. The van der Waals surface area contributed by atoms with Gasteiger partial charge in [-0.3, -0.25) is 0 Å². The van der Waals surface area contributed by atoms with Gasteiger partial charge in [-0.1, -0.05) is 0 Å². The summed E-state index contributed by atoms with van der Waals surface area (Å²) in [5.41, 5.74) is 0. The lowest BCUT2D eigenvalue weighted by molar-refractivity contribution is -0.172. The van der Waals surface area contributed by atoms with Crippen molar-refractivity contribution in [1.82, 2.24) is 4.90 Å². The number of ether oxygens (including phenoxy) is 2. The molecule has 0 amide bonds. The van der Waals surface area contributed by atoms with Crippen molar-refractivity contribution in [2.45, 2.75) is 31.2 Å². The van der Waals surface area contributed by atoms with Crippen molar-refractivity contribution in [3.8, 4) is 0 Å². The maximum Gasteiger partial charge on any atom is 0.170 e. The highest BCUT2D eigenvalue weighted by molar-refractivity contribution is 6.18. The largest absolute Gasteiger partial charge is 0.347 e. The van der Waals surface area contributed by atoms with Crippen LogP contribution in [0, 0.1) is 0 Å². The van der Waals surface area contributed by atoms with Crippen molar-refractivity contribution in [1.29, 1.82) is 0 Å². The zero-order valence-corrected chi connectivity index (χ0v) is 9.42. The van der Waals surface area contributed by atoms with Gasteiger partial charge in [-0.25, -0.2) is 0 Å². The Morgan fingerprint density at radius 2 is 2.29 bits per heavy atom. The van der Waals surface area contributed by atoms with E-state index in [1.165, 1.54) is 0 Å². The number of likely N-dealkylation sites (tertiary alicyclic amines) is 1. The molecule has 0 radical (unpaired) electrons. The smallest absolute Gasteiger partial charge is 0.170 e. The maximum atomic E-state index is 5.89. The summed E-state index contributed by atoms with van der Waals surface area (Å²) < 4.78 is 11.7. The van der Waals surface area contributed by atoms with Gasteiger partial charge < -0.3 is 14.4 Å². The molecule has 0 aromatic rings. The van der Waals surface area contributed by atoms with Crippen LogP contribution in [0.25, 0.3) is 0 Å². The Morgan fingerprint density at radius 1 is 1.43 bits per heavy atom. The molecule has 2 rings (SSSR count). The average Bonchev–Trinajstić information content (AvgIpc) is 2.50. The second-order valence-electron chi connectivity index (χ2n) is 4.27. The summed E-state index contributed by atoms with van der Waals surface area (Å²) in [6, 6.07) is 0. The van der Waals surface area contributed by atoms with Crippen LogP contribution in [0.3, 0.4) is 0 Å². The fourth-order valence-electron chi connectivity index (χ4n) is 2.17. The molecule has 1 spiro atoms. The van der Waals surface area contributed by atoms with Gasteiger partial charge in [0.05, 0.1) is 18.6 Å². The zero-order chi connectivity index (χ0) is 10.0. The van der Waals surface area contributed by atoms with Crippen LogP contribution in [0.5, 0.6) is 0 Å². The standard InChI is InChI=1S/C10H18ClNO2/c1-12-5-2-3-10(4-6-12)13-8-9(7-11)14-10/h9H,2-8H2,1H3. The number of hydrogen-bond donors (Lipinski definition) is 0. The molecule has 2 saturated heterocycles. The van der Waals surface area contributed by atoms with Gasteiger partial charge in [0.2, 0.25) is 0 Å². The van der Waals surface area contributed by atoms with Gasteiger partial charge in [0.25, 0.3) is 0 Å². The molecule has 4 heteroatoms. The topological polar surface area (TPSA) is 21.7 Å². The van der Waals surface area contributed by atoms with E-state index in [-0.39, 0.29) is 11.9 Å². The molecule has 2 aliphatic heterocycles. The first-order valence-electron chi connectivity index (χ1n) is 5.30. The molecular weight excluding hydrogens is 202 g/mol. The Morgan fingerprint density at radius 3 is 3.00 bits per heavy atom. The van der Waals surface area contributed by atoms with Crippen LogP contribution in [0.4, 0.5) is 0 Å². The van der Waals surface area contributed by atoms with Crippen molar-refractivity contribution in [2.75, 3.05) is 32.6 Å². The summed E-state index contributed by atoms with van der Waals surface area (Å²) in [7, 11) is 2.15. The van der Waals surface area contributed by atoms with Gasteiger partial charge in [0, 0.05) is 19.4 Å². The minimum absolute atomic E-state index is 0.0973. The SMILES string of the molecule is CN1CCCC2(CC1)OCC(CCl)O2. The first-order valence-corrected chi connectivity index (χ1v) is 5.84. The van der Waals surface area contributed by atoms with Crippen LogP contribution >= 0.6 is 11.6 Å². The van der Waals surface area contributed by atoms with Gasteiger partial charge in [-0.05, 0) is 20.0 Å². The molecule has 14 heavy (non-hydrogen) atoms. The van der Waals surface area contributed by atoms with Crippen molar-refractivity contribution >= 4 is 11.6 Å². The van der Waals surface area contributed by atoms with Gasteiger partial charge in [0.15, 0.2) is 5.79 Å². The molecule has 0 aliphatic carbocycles. The average molecular weight is 220 g/mol. The lowest BCUT2D eigenvalue weighted by Crippen LogP contribution is -2.32. The second-order valence-corrected chi connectivity index (χ2v) is 4.58. The third kappa shape index (κ3) is 2.22. The second kappa shape index (κ2) is 4.35. The number of halogens is 1. The van der Waals surface area contributed by atoms with E-state index in [9.17, 15) is 0 Å². The summed E-state index contributed by atoms with van der Waals surface area (Å²) in [4.78, 5) is 2.33. The number of nitrogens with zero attached hydrogens (tertiary/aromatic N) is 1. The molecule has 0 bridgehead atoms. The molecule has 82 valence electrons. The Kier molecular flexibility index (Phi) is 3.32. The first kappa shape index (κ1) is 10.7. The van der Waals surface area contributed by atoms with Crippen LogP contribution in [0.1, 0.15) is 19.3 Å². The predicted octanol–water partition coefficient (Wildman–Crippen LogP) is 1.45. The van der Waals surface area contributed by atoms with Crippen molar-refractivity contribution in [3.05, 3.63) is 0 Å². The molecule has 2 unspecified atom stereocenters. The normalized spacial score (nSPS) is 40.3. The summed E-state index contributed by atoms with van der Waals surface area (Å²) in [6.45, 7) is 2.85. The minimum Gasteiger partial charge on any atom is -0.347 e. The van der Waals surface area contributed by atoms with E-state index < -0.39 is 0 Å². The van der Waals surface area contributed by atoms with Gasteiger partial charge in [0.1, 0.15) is 0 Å². The molecule has 2 heterocycles. The Balaban J connectivity index is 1.95. The fourth-order valence-corrected chi connectivity index (χ4v) is 2.32. The Bertz CT molecular complexity index is 203. The van der Waals surface area contributed by atoms with E-state index in [1.807, 2.05) is 0 Å². The van der Waals surface area contributed by atoms with E-state index in [2.05, 4.69) is 11.9 Å². The summed E-state index contributed by atoms with van der Waals surface area (Å²) >= 11 is 5.76. The third-order valence-corrected chi connectivity index (χ3v) is 3.40. The predicted molar refractivity (Wildman–Crippen MR) is 55.6 cm³/mol. The maximum absolute atomic E-state index is 5.89. The number of rotatable bonds is 1. The molecule has 0 saturated carbocycles. The van der Waals surface area contributed by atoms with Crippen molar-refractivity contribution < 1.29 is 9.47 Å². The van der Waals surface area contributed by atoms with Gasteiger partial charge in [-0.2, -0.15) is 0 Å². The van der Waals surface area contributed by atoms with Crippen LogP contribution in [-0.4, -0.2) is 49.4 Å². The number of alkyl halides is 1. The molecule has 2 atom stereocenters. The van der Waals surface area contributed by atoms with E-state index in [0.29, 0.717) is 12.5 Å². The third-order valence-electron chi connectivity index (χ3n) is 3.06. The highest BCUT2D eigenvalue weighted by Gasteiger charge is 2.41. The van der Waals surface area contributed by atoms with E-state index in [1.54, 1.807) is 0 Å². The van der Waals surface area contributed by atoms with E-state index in [4.69, 9.17) is 21.1 Å². The quantitative estimate of drug-likeness (QED) is 0.624.